The van der Waals surface area contributed by atoms with E-state index in [0.29, 0.717) is 0 Å². The van der Waals surface area contributed by atoms with E-state index < -0.39 is 0 Å². The Hall–Kier alpha value is 0. The van der Waals surface area contributed by atoms with Crippen molar-refractivity contribution in [2.45, 2.75) is 32.6 Å². The molecule has 0 radical (unpaired) electrons. The molecule has 0 amide bonds. The summed E-state index contributed by atoms with van der Waals surface area (Å²) in [5.41, 5.74) is 0. The summed E-state index contributed by atoms with van der Waals surface area (Å²) in [6.45, 7) is 2.44. The average molecular weight is 110 g/mol. The fraction of sp³-hybridized carbons (Fsp3) is 1.00. The van der Waals surface area contributed by atoms with Gasteiger partial charge in [-0.3, -0.25) is 0 Å². The Morgan fingerprint density at radius 3 is 1.62 bits per heavy atom. The molecule has 2 aliphatic rings. The van der Waals surface area contributed by atoms with Crippen LogP contribution in [-0.2, 0) is 0 Å². The minimum atomic E-state index is 1.09. The lowest BCUT2D eigenvalue weighted by Gasteiger charge is -2.04. The molecule has 8 heavy (non-hydrogen) atoms. The van der Waals surface area contributed by atoms with Crippen LogP contribution in [0, 0.1) is 17.8 Å². The summed E-state index contributed by atoms with van der Waals surface area (Å²) < 4.78 is 0. The molecule has 0 unspecified atom stereocenters. The van der Waals surface area contributed by atoms with Crippen molar-refractivity contribution in [3.8, 4) is 0 Å². The van der Waals surface area contributed by atoms with Crippen LogP contribution in [0.4, 0.5) is 0 Å². The minimum absolute atomic E-state index is 1.09. The van der Waals surface area contributed by atoms with E-state index >= 15 is 0 Å². The third kappa shape index (κ3) is 0.765. The van der Waals surface area contributed by atoms with Crippen LogP contribution in [0.15, 0.2) is 0 Å². The summed E-state index contributed by atoms with van der Waals surface area (Å²) in [5.74, 6) is 3.40. The van der Waals surface area contributed by atoms with E-state index in [9.17, 15) is 0 Å². The molecule has 0 aromatic rings. The van der Waals surface area contributed by atoms with Crippen LogP contribution in [-0.4, -0.2) is 0 Å². The molecule has 0 nitrogen and oxygen atoms in total. The highest BCUT2D eigenvalue weighted by Crippen LogP contribution is 2.48. The molecule has 0 spiro atoms. The molecule has 0 heterocycles. The zero-order chi connectivity index (χ0) is 5.56. The molecule has 0 heteroatoms. The van der Waals surface area contributed by atoms with Crippen molar-refractivity contribution in [2.24, 2.45) is 17.8 Å². The van der Waals surface area contributed by atoms with E-state index in [2.05, 4.69) is 6.92 Å². The van der Waals surface area contributed by atoms with Gasteiger partial charge in [0.25, 0.3) is 0 Å². The van der Waals surface area contributed by atoms with Crippen molar-refractivity contribution in [2.75, 3.05) is 0 Å². The van der Waals surface area contributed by atoms with E-state index in [4.69, 9.17) is 0 Å². The van der Waals surface area contributed by atoms with Crippen LogP contribution < -0.4 is 0 Å². The average Bonchev–Trinajstić information content (AvgIpc) is 2.63. The lowest BCUT2D eigenvalue weighted by molar-refractivity contribution is 0.447. The standard InChI is InChI=1S/C8H14/c1-6(7-2-3-7)8-4-5-8/h6-8H,2-5H2,1H3. The van der Waals surface area contributed by atoms with Crippen molar-refractivity contribution in [3.63, 3.8) is 0 Å². The Labute approximate surface area is 51.3 Å². The molecule has 2 saturated carbocycles. The van der Waals surface area contributed by atoms with Gasteiger partial charge in [0.1, 0.15) is 0 Å². The first-order valence-corrected chi connectivity index (χ1v) is 3.88. The molecule has 0 N–H and O–H groups in total. The fourth-order valence-corrected chi connectivity index (χ4v) is 1.63. The van der Waals surface area contributed by atoms with Gasteiger partial charge in [-0.2, -0.15) is 0 Å². The summed E-state index contributed by atoms with van der Waals surface area (Å²) in [5, 5.41) is 0. The molecule has 2 rings (SSSR count). The number of hydrogen-bond acceptors (Lipinski definition) is 0. The smallest absolute Gasteiger partial charge is 0.0386 e. The third-order valence-electron chi connectivity index (χ3n) is 2.73. The van der Waals surface area contributed by atoms with Crippen LogP contribution in [0.25, 0.3) is 0 Å². The molecule has 0 saturated heterocycles. The topological polar surface area (TPSA) is 0 Å². The Morgan fingerprint density at radius 2 is 1.38 bits per heavy atom. The quantitative estimate of drug-likeness (QED) is 0.512. The van der Waals surface area contributed by atoms with Gasteiger partial charge in [-0.05, 0) is 43.4 Å². The maximum atomic E-state index is 2.44. The molecule has 0 atom stereocenters. The van der Waals surface area contributed by atoms with Crippen LogP contribution in [0.5, 0.6) is 0 Å². The van der Waals surface area contributed by atoms with Gasteiger partial charge in [-0.1, -0.05) is 6.92 Å². The predicted octanol–water partition coefficient (Wildman–Crippen LogP) is 2.44. The first-order valence-electron chi connectivity index (χ1n) is 3.88. The molecule has 0 aliphatic heterocycles. The Balaban J connectivity index is 1.84. The highest BCUT2D eigenvalue weighted by molar-refractivity contribution is 4.88. The zero-order valence-electron chi connectivity index (χ0n) is 5.56. The number of hydrogen-bond donors (Lipinski definition) is 0. The lowest BCUT2D eigenvalue weighted by Crippen LogP contribution is -1.97. The first-order chi connectivity index (χ1) is 3.88. The molecule has 2 fully saturated rings. The van der Waals surface area contributed by atoms with E-state index in [1.807, 2.05) is 0 Å². The predicted molar refractivity (Wildman–Crippen MR) is 34.6 cm³/mol. The van der Waals surface area contributed by atoms with Gasteiger partial charge in [-0.15, -0.1) is 0 Å². The minimum Gasteiger partial charge on any atom is -0.0620 e. The summed E-state index contributed by atoms with van der Waals surface area (Å²) in [4.78, 5) is 0. The maximum absolute atomic E-state index is 2.44. The first kappa shape index (κ1) is 4.84. The summed E-state index contributed by atoms with van der Waals surface area (Å²) in [7, 11) is 0. The Morgan fingerprint density at radius 1 is 1.00 bits per heavy atom. The van der Waals surface area contributed by atoms with Crippen molar-refractivity contribution < 1.29 is 0 Å². The van der Waals surface area contributed by atoms with Gasteiger partial charge in [-0.25, -0.2) is 0 Å². The van der Waals surface area contributed by atoms with Gasteiger partial charge < -0.3 is 0 Å². The zero-order valence-corrected chi connectivity index (χ0v) is 5.56. The van der Waals surface area contributed by atoms with Crippen molar-refractivity contribution in [1.82, 2.24) is 0 Å². The Bertz CT molecular complexity index is 76.2. The SMILES string of the molecule is CC(C1CC1)C1CC1. The van der Waals surface area contributed by atoms with Crippen LogP contribution >= 0.6 is 0 Å². The van der Waals surface area contributed by atoms with Crippen molar-refractivity contribution >= 4 is 0 Å². The second-order valence-corrected chi connectivity index (χ2v) is 3.53. The fourth-order valence-electron chi connectivity index (χ4n) is 1.63. The normalized spacial score (nSPS) is 29.2. The van der Waals surface area contributed by atoms with Crippen LogP contribution in [0.3, 0.4) is 0 Å². The van der Waals surface area contributed by atoms with Gasteiger partial charge in [0.05, 0.1) is 0 Å². The Kier molecular flexibility index (Phi) is 0.902. The van der Waals surface area contributed by atoms with Gasteiger partial charge >= 0.3 is 0 Å². The molecule has 0 aromatic carbocycles. The molecule has 2 aliphatic carbocycles. The van der Waals surface area contributed by atoms with Crippen LogP contribution in [0.2, 0.25) is 0 Å². The lowest BCUT2D eigenvalue weighted by atomic mass is 10.0. The molecule has 0 bridgehead atoms. The van der Waals surface area contributed by atoms with E-state index in [-0.39, 0.29) is 0 Å². The van der Waals surface area contributed by atoms with Gasteiger partial charge in [0.15, 0.2) is 0 Å². The third-order valence-corrected chi connectivity index (χ3v) is 2.73. The summed E-state index contributed by atoms with van der Waals surface area (Å²) in [6, 6.07) is 0. The van der Waals surface area contributed by atoms with Crippen LogP contribution in [0.1, 0.15) is 32.6 Å². The highest BCUT2D eigenvalue weighted by atomic mass is 14.4. The summed E-state index contributed by atoms with van der Waals surface area (Å²) >= 11 is 0. The van der Waals surface area contributed by atoms with Gasteiger partial charge in [0.2, 0.25) is 0 Å². The van der Waals surface area contributed by atoms with Crippen molar-refractivity contribution in [1.29, 1.82) is 0 Å². The summed E-state index contributed by atoms with van der Waals surface area (Å²) in [6.07, 6.45) is 6.16. The van der Waals surface area contributed by atoms with Crippen molar-refractivity contribution in [3.05, 3.63) is 0 Å². The molecule has 0 aromatic heterocycles. The second-order valence-electron chi connectivity index (χ2n) is 3.53. The van der Waals surface area contributed by atoms with E-state index in [1.54, 1.807) is 0 Å². The van der Waals surface area contributed by atoms with E-state index in [0.717, 1.165) is 17.8 Å². The largest absolute Gasteiger partial charge is 0.0620 e. The molecule has 46 valence electrons. The monoisotopic (exact) mass is 110 g/mol. The second kappa shape index (κ2) is 1.49. The molecular weight excluding hydrogens is 96.1 g/mol. The number of rotatable bonds is 2. The van der Waals surface area contributed by atoms with Gasteiger partial charge in [0, 0.05) is 0 Å². The molecular formula is C8H14. The van der Waals surface area contributed by atoms with E-state index in [1.165, 1.54) is 25.7 Å². The maximum Gasteiger partial charge on any atom is -0.0386 e. The highest BCUT2D eigenvalue weighted by Gasteiger charge is 2.37.